The summed E-state index contributed by atoms with van der Waals surface area (Å²) >= 11 is 6.01. The number of aromatic nitrogens is 1. The van der Waals surface area contributed by atoms with Crippen LogP contribution in [0.25, 0.3) is 0 Å². The normalized spacial score (nSPS) is 21.6. The van der Waals surface area contributed by atoms with Crippen molar-refractivity contribution in [2.75, 3.05) is 10.2 Å². The SMILES string of the molecule is O=C(Nc1ccnc(N2C(=O)C3CC3C2=O)c1)c1ccccc1Cl. The van der Waals surface area contributed by atoms with Gasteiger partial charge in [-0.2, -0.15) is 0 Å². The summed E-state index contributed by atoms with van der Waals surface area (Å²) in [5, 5.41) is 3.04. The zero-order valence-corrected chi connectivity index (χ0v) is 13.2. The Balaban J connectivity index is 1.57. The standard InChI is InChI=1S/C17H12ClN3O3/c18-13-4-2-1-3-10(13)15(22)20-9-5-6-19-14(7-9)21-16(23)11-8-12(11)17(21)24/h1-7,11-12H,8H2,(H,19,20,22). The van der Waals surface area contributed by atoms with Crippen molar-refractivity contribution in [3.05, 3.63) is 53.2 Å². The molecule has 24 heavy (non-hydrogen) atoms. The number of anilines is 2. The summed E-state index contributed by atoms with van der Waals surface area (Å²) in [5.74, 6) is -0.964. The average Bonchev–Trinajstić information content (AvgIpc) is 3.32. The molecule has 0 radical (unpaired) electrons. The number of hydrogen-bond donors (Lipinski definition) is 1. The van der Waals surface area contributed by atoms with Crippen LogP contribution >= 0.6 is 11.6 Å². The van der Waals surface area contributed by atoms with Crippen LogP contribution in [0.2, 0.25) is 5.02 Å². The summed E-state index contributed by atoms with van der Waals surface area (Å²) < 4.78 is 0. The number of carbonyl (C=O) groups is 3. The first kappa shape index (κ1) is 14.8. The second kappa shape index (κ2) is 5.42. The van der Waals surface area contributed by atoms with Crippen LogP contribution in [-0.4, -0.2) is 22.7 Å². The molecule has 3 amide bonds. The number of halogens is 1. The molecule has 1 aliphatic carbocycles. The lowest BCUT2D eigenvalue weighted by Crippen LogP contribution is -2.33. The van der Waals surface area contributed by atoms with Crippen LogP contribution in [0.5, 0.6) is 0 Å². The highest BCUT2D eigenvalue weighted by Gasteiger charge is 2.59. The van der Waals surface area contributed by atoms with Crippen molar-refractivity contribution in [3.8, 4) is 0 Å². The minimum atomic E-state index is -0.375. The number of piperidine rings is 1. The summed E-state index contributed by atoms with van der Waals surface area (Å²) in [6.07, 6.45) is 2.08. The molecule has 120 valence electrons. The largest absolute Gasteiger partial charge is 0.322 e. The number of pyridine rings is 1. The highest BCUT2D eigenvalue weighted by molar-refractivity contribution is 6.34. The maximum Gasteiger partial charge on any atom is 0.257 e. The molecule has 7 heteroatoms. The van der Waals surface area contributed by atoms with Gasteiger partial charge in [-0.1, -0.05) is 23.7 Å². The van der Waals surface area contributed by atoms with Crippen molar-refractivity contribution in [3.63, 3.8) is 0 Å². The Bertz CT molecular complexity index is 863. The van der Waals surface area contributed by atoms with Crippen LogP contribution in [0.4, 0.5) is 11.5 Å². The van der Waals surface area contributed by atoms with E-state index in [0.717, 1.165) is 4.90 Å². The predicted octanol–water partition coefficient (Wildman–Crippen LogP) is 2.50. The van der Waals surface area contributed by atoms with Crippen LogP contribution in [0.1, 0.15) is 16.8 Å². The van der Waals surface area contributed by atoms with Gasteiger partial charge in [0.05, 0.1) is 22.4 Å². The first-order valence-corrected chi connectivity index (χ1v) is 7.84. The molecule has 1 aromatic heterocycles. The highest BCUT2D eigenvalue weighted by Crippen LogP contribution is 2.48. The molecule has 1 N–H and O–H groups in total. The summed E-state index contributed by atoms with van der Waals surface area (Å²) in [6, 6.07) is 9.79. The lowest BCUT2D eigenvalue weighted by atomic mass is 10.2. The molecule has 1 aliphatic heterocycles. The lowest BCUT2D eigenvalue weighted by Gasteiger charge is -2.16. The van der Waals surface area contributed by atoms with E-state index in [2.05, 4.69) is 10.3 Å². The van der Waals surface area contributed by atoms with Gasteiger partial charge in [0.25, 0.3) is 5.91 Å². The van der Waals surface area contributed by atoms with Gasteiger partial charge in [0.15, 0.2) is 0 Å². The minimum Gasteiger partial charge on any atom is -0.322 e. The molecule has 2 aliphatic rings. The van der Waals surface area contributed by atoms with Gasteiger partial charge in [0.2, 0.25) is 11.8 Å². The molecular formula is C17H12ClN3O3. The number of fused-ring (bicyclic) bond motifs is 1. The third-order valence-electron chi connectivity index (χ3n) is 4.22. The molecule has 2 fully saturated rings. The Labute approximate surface area is 142 Å². The van der Waals surface area contributed by atoms with Crippen molar-refractivity contribution < 1.29 is 14.4 Å². The van der Waals surface area contributed by atoms with E-state index >= 15 is 0 Å². The summed E-state index contributed by atoms with van der Waals surface area (Å²) in [7, 11) is 0. The maximum absolute atomic E-state index is 12.3. The summed E-state index contributed by atoms with van der Waals surface area (Å²) in [5.41, 5.74) is 0.776. The molecule has 0 spiro atoms. The summed E-state index contributed by atoms with van der Waals surface area (Å²) in [4.78, 5) is 41.7. The minimum absolute atomic E-state index is 0.194. The van der Waals surface area contributed by atoms with Crippen LogP contribution in [0, 0.1) is 11.8 Å². The van der Waals surface area contributed by atoms with Gasteiger partial charge in [0, 0.05) is 18.0 Å². The van der Waals surface area contributed by atoms with Crippen LogP contribution in [0.15, 0.2) is 42.6 Å². The van der Waals surface area contributed by atoms with Crippen LogP contribution in [0.3, 0.4) is 0 Å². The fraction of sp³-hybridized carbons (Fsp3) is 0.176. The van der Waals surface area contributed by atoms with E-state index in [1.807, 2.05) is 0 Å². The number of nitrogens with zero attached hydrogens (tertiary/aromatic N) is 2. The molecule has 4 rings (SSSR count). The van der Waals surface area contributed by atoms with Gasteiger partial charge in [-0.3, -0.25) is 14.4 Å². The molecule has 6 nitrogen and oxygen atoms in total. The van der Waals surface area contributed by atoms with Crippen LogP contribution in [-0.2, 0) is 9.59 Å². The van der Waals surface area contributed by atoms with Gasteiger partial charge < -0.3 is 5.32 Å². The first-order valence-electron chi connectivity index (χ1n) is 7.46. The van der Waals surface area contributed by atoms with Gasteiger partial charge >= 0.3 is 0 Å². The van der Waals surface area contributed by atoms with Crippen molar-refractivity contribution >= 4 is 40.8 Å². The van der Waals surface area contributed by atoms with E-state index < -0.39 is 0 Å². The highest BCUT2D eigenvalue weighted by atomic mass is 35.5. The van der Waals surface area contributed by atoms with Crippen molar-refractivity contribution in [2.24, 2.45) is 11.8 Å². The van der Waals surface area contributed by atoms with E-state index in [-0.39, 0.29) is 35.4 Å². The second-order valence-electron chi connectivity index (χ2n) is 5.80. The number of nitrogens with one attached hydrogen (secondary N) is 1. The average molecular weight is 342 g/mol. The Morgan fingerprint density at radius 1 is 1.17 bits per heavy atom. The van der Waals surface area contributed by atoms with Gasteiger partial charge in [-0.15, -0.1) is 0 Å². The Morgan fingerprint density at radius 3 is 2.58 bits per heavy atom. The Kier molecular flexibility index (Phi) is 3.35. The van der Waals surface area contributed by atoms with E-state index in [9.17, 15) is 14.4 Å². The zero-order chi connectivity index (χ0) is 16.8. The van der Waals surface area contributed by atoms with Crippen molar-refractivity contribution in [1.29, 1.82) is 0 Å². The zero-order valence-electron chi connectivity index (χ0n) is 12.4. The Morgan fingerprint density at radius 2 is 1.88 bits per heavy atom. The first-order chi connectivity index (χ1) is 11.6. The molecule has 2 unspecified atom stereocenters. The topological polar surface area (TPSA) is 79.4 Å². The van der Waals surface area contributed by atoms with E-state index in [1.54, 1.807) is 30.3 Å². The van der Waals surface area contributed by atoms with Crippen molar-refractivity contribution in [2.45, 2.75) is 6.42 Å². The van der Waals surface area contributed by atoms with Gasteiger partial charge in [-0.25, -0.2) is 9.88 Å². The third kappa shape index (κ3) is 2.35. The number of imide groups is 1. The fourth-order valence-electron chi connectivity index (χ4n) is 2.87. The Hall–Kier alpha value is -2.73. The number of amides is 3. The maximum atomic E-state index is 12.3. The molecule has 2 heterocycles. The molecule has 1 saturated carbocycles. The molecule has 2 atom stereocenters. The van der Waals surface area contributed by atoms with Crippen LogP contribution < -0.4 is 10.2 Å². The van der Waals surface area contributed by atoms with E-state index in [4.69, 9.17) is 11.6 Å². The molecular weight excluding hydrogens is 330 g/mol. The van der Waals surface area contributed by atoms with Crippen molar-refractivity contribution in [1.82, 2.24) is 4.98 Å². The number of hydrogen-bond acceptors (Lipinski definition) is 4. The van der Waals surface area contributed by atoms with Gasteiger partial charge in [0.1, 0.15) is 5.82 Å². The fourth-order valence-corrected chi connectivity index (χ4v) is 3.09. The molecule has 0 bridgehead atoms. The number of carbonyl (C=O) groups excluding carboxylic acids is 3. The van der Waals surface area contributed by atoms with Gasteiger partial charge in [-0.05, 0) is 24.6 Å². The second-order valence-corrected chi connectivity index (χ2v) is 6.20. The lowest BCUT2D eigenvalue weighted by molar-refractivity contribution is -0.123. The smallest absolute Gasteiger partial charge is 0.257 e. The predicted molar refractivity (Wildman–Crippen MR) is 87.7 cm³/mol. The monoisotopic (exact) mass is 341 g/mol. The molecule has 2 aromatic rings. The molecule has 1 saturated heterocycles. The van der Waals surface area contributed by atoms with E-state index in [1.165, 1.54) is 12.3 Å². The molecule has 1 aromatic carbocycles. The van der Waals surface area contributed by atoms with E-state index in [0.29, 0.717) is 22.7 Å². The number of benzene rings is 1. The summed E-state index contributed by atoms with van der Waals surface area (Å²) in [6.45, 7) is 0. The number of rotatable bonds is 3. The third-order valence-corrected chi connectivity index (χ3v) is 4.55. The quantitative estimate of drug-likeness (QED) is 0.870.